The molecule has 3 amide bonds. The van der Waals surface area contributed by atoms with Gasteiger partial charge in [-0.05, 0) is 56.7 Å². The molecule has 0 fully saturated rings. The Kier molecular flexibility index (Phi) is 8.75. The van der Waals surface area contributed by atoms with Crippen LogP contribution in [0.15, 0.2) is 65.8 Å². The predicted molar refractivity (Wildman–Crippen MR) is 131 cm³/mol. The zero-order chi connectivity index (χ0) is 24.5. The molecule has 1 heterocycles. The number of thioether (sulfide) groups is 1. The van der Waals surface area contributed by atoms with Crippen molar-refractivity contribution in [3.8, 4) is 0 Å². The summed E-state index contributed by atoms with van der Waals surface area (Å²) in [7, 11) is 0. The first-order chi connectivity index (χ1) is 16.3. The Balaban J connectivity index is 1.42. The first-order valence-corrected chi connectivity index (χ1v) is 11.8. The van der Waals surface area contributed by atoms with E-state index in [9.17, 15) is 14.4 Å². The number of carbonyl (C=O) groups excluding carboxylic acids is 3. The monoisotopic (exact) mass is 477 g/mol. The molecule has 0 spiro atoms. The van der Waals surface area contributed by atoms with Gasteiger partial charge in [-0.15, -0.1) is 0 Å². The van der Waals surface area contributed by atoms with E-state index >= 15 is 0 Å². The van der Waals surface area contributed by atoms with Crippen molar-refractivity contribution >= 4 is 29.5 Å². The Bertz CT molecular complexity index is 1130. The molecule has 34 heavy (non-hydrogen) atoms. The molecular weight excluding hydrogens is 450 g/mol. The molecule has 2 aromatic carbocycles. The second kappa shape index (κ2) is 11.9. The first kappa shape index (κ1) is 24.9. The molecule has 8 nitrogen and oxygen atoms in total. The Morgan fingerprint density at radius 3 is 2.12 bits per heavy atom. The molecule has 0 aliphatic carbocycles. The summed E-state index contributed by atoms with van der Waals surface area (Å²) < 4.78 is 0. The number of aryl methyl sites for hydroxylation is 2. The highest BCUT2D eigenvalue weighted by Crippen LogP contribution is 2.20. The molecule has 1 unspecified atom stereocenters. The van der Waals surface area contributed by atoms with Gasteiger partial charge in [-0.25, -0.2) is 9.97 Å². The average molecular weight is 478 g/mol. The quantitative estimate of drug-likeness (QED) is 0.261. The minimum atomic E-state index is -0.425. The maximum Gasteiger partial charge on any atom is 0.269 e. The molecular formula is C25H27N5O3S. The molecule has 3 N–H and O–H groups in total. The largest absolute Gasteiger partial charge is 0.349 e. The Labute approximate surface area is 202 Å². The van der Waals surface area contributed by atoms with Crippen LogP contribution in [0.5, 0.6) is 0 Å². The van der Waals surface area contributed by atoms with Gasteiger partial charge in [0.2, 0.25) is 5.91 Å². The molecule has 0 saturated heterocycles. The van der Waals surface area contributed by atoms with Crippen molar-refractivity contribution in [1.82, 2.24) is 26.1 Å². The van der Waals surface area contributed by atoms with Crippen LogP contribution >= 0.6 is 11.8 Å². The van der Waals surface area contributed by atoms with E-state index in [2.05, 4.69) is 26.1 Å². The molecule has 1 atom stereocenters. The van der Waals surface area contributed by atoms with E-state index in [0.717, 1.165) is 22.1 Å². The molecule has 0 aliphatic heterocycles. The predicted octanol–water partition coefficient (Wildman–Crippen LogP) is 3.36. The van der Waals surface area contributed by atoms with Crippen molar-refractivity contribution in [3.05, 3.63) is 88.7 Å². The molecule has 0 bridgehead atoms. The number of aromatic nitrogens is 2. The van der Waals surface area contributed by atoms with Crippen molar-refractivity contribution in [3.63, 3.8) is 0 Å². The van der Waals surface area contributed by atoms with E-state index in [0.29, 0.717) is 16.9 Å². The summed E-state index contributed by atoms with van der Waals surface area (Å²) in [4.78, 5) is 45.5. The van der Waals surface area contributed by atoms with Crippen LogP contribution in [0.4, 0.5) is 0 Å². The molecule has 3 aromatic rings. The zero-order valence-corrected chi connectivity index (χ0v) is 20.1. The minimum absolute atomic E-state index is 0.0233. The first-order valence-electron chi connectivity index (χ1n) is 10.8. The lowest BCUT2D eigenvalue weighted by atomic mass is 10.1. The zero-order valence-electron chi connectivity index (χ0n) is 19.3. The number of rotatable bonds is 8. The van der Waals surface area contributed by atoms with Gasteiger partial charge < -0.3 is 5.32 Å². The second-order valence-corrected chi connectivity index (χ2v) is 8.81. The minimum Gasteiger partial charge on any atom is -0.349 e. The maximum absolute atomic E-state index is 12.3. The van der Waals surface area contributed by atoms with Gasteiger partial charge in [0, 0.05) is 40.7 Å². The molecule has 1 aromatic heterocycles. The average Bonchev–Trinajstić information content (AvgIpc) is 2.81. The highest BCUT2D eigenvalue weighted by Gasteiger charge is 2.14. The number of hydrogen-bond donors (Lipinski definition) is 3. The lowest BCUT2D eigenvalue weighted by molar-refractivity contribution is -0.122. The van der Waals surface area contributed by atoms with Crippen LogP contribution in [0, 0.1) is 13.8 Å². The lowest BCUT2D eigenvalue weighted by Crippen LogP contribution is -2.44. The van der Waals surface area contributed by atoms with E-state index in [1.165, 1.54) is 11.8 Å². The van der Waals surface area contributed by atoms with Gasteiger partial charge in [0.05, 0.1) is 0 Å². The number of carbonyl (C=O) groups is 3. The van der Waals surface area contributed by atoms with Gasteiger partial charge in [-0.3, -0.25) is 25.2 Å². The van der Waals surface area contributed by atoms with E-state index < -0.39 is 17.9 Å². The Morgan fingerprint density at radius 2 is 1.47 bits per heavy atom. The number of hydrazine groups is 1. The number of hydrogen-bond acceptors (Lipinski definition) is 6. The van der Waals surface area contributed by atoms with Crippen LogP contribution in [0.1, 0.15) is 51.0 Å². The number of benzene rings is 2. The molecule has 176 valence electrons. The number of amides is 3. The van der Waals surface area contributed by atoms with Crippen LogP contribution < -0.4 is 16.2 Å². The SMILES string of the molecule is Cc1cc(C)nc(SCc2ccc(C(=O)NNC(=O)CC(C)NC(=O)c3ccccc3)cc2)n1. The summed E-state index contributed by atoms with van der Waals surface area (Å²) in [6.45, 7) is 5.60. The third-order valence-electron chi connectivity index (χ3n) is 4.77. The molecule has 0 radical (unpaired) electrons. The third-order valence-corrected chi connectivity index (χ3v) is 5.68. The van der Waals surface area contributed by atoms with Gasteiger partial charge in [0.25, 0.3) is 11.8 Å². The summed E-state index contributed by atoms with van der Waals surface area (Å²) in [5.74, 6) is -0.414. The summed E-state index contributed by atoms with van der Waals surface area (Å²) in [5.41, 5.74) is 8.61. The fraction of sp³-hybridized carbons (Fsp3) is 0.240. The van der Waals surface area contributed by atoms with Gasteiger partial charge in [0.1, 0.15) is 0 Å². The summed E-state index contributed by atoms with van der Waals surface area (Å²) in [6.07, 6.45) is 0.0233. The number of nitrogens with one attached hydrogen (secondary N) is 3. The fourth-order valence-electron chi connectivity index (χ4n) is 3.13. The normalized spacial score (nSPS) is 11.4. The van der Waals surface area contributed by atoms with E-state index in [1.807, 2.05) is 38.1 Å². The summed E-state index contributed by atoms with van der Waals surface area (Å²) in [5, 5.41) is 3.48. The van der Waals surface area contributed by atoms with E-state index in [4.69, 9.17) is 0 Å². The van der Waals surface area contributed by atoms with Crippen molar-refractivity contribution in [1.29, 1.82) is 0 Å². The van der Waals surface area contributed by atoms with Crippen LogP contribution in [0.25, 0.3) is 0 Å². The van der Waals surface area contributed by atoms with Crippen LogP contribution in [0.2, 0.25) is 0 Å². The highest BCUT2D eigenvalue weighted by atomic mass is 32.2. The second-order valence-electron chi connectivity index (χ2n) is 7.87. The molecule has 0 aliphatic rings. The maximum atomic E-state index is 12.3. The molecule has 0 saturated carbocycles. The van der Waals surface area contributed by atoms with E-state index in [-0.39, 0.29) is 12.3 Å². The van der Waals surface area contributed by atoms with E-state index in [1.54, 1.807) is 43.3 Å². The van der Waals surface area contributed by atoms with Crippen molar-refractivity contribution in [2.45, 2.75) is 44.1 Å². The van der Waals surface area contributed by atoms with Crippen LogP contribution in [0.3, 0.4) is 0 Å². The third kappa shape index (κ3) is 7.70. The summed E-state index contributed by atoms with van der Waals surface area (Å²) >= 11 is 1.53. The smallest absolute Gasteiger partial charge is 0.269 e. The summed E-state index contributed by atoms with van der Waals surface area (Å²) in [6, 6.07) is 17.4. The van der Waals surface area contributed by atoms with Gasteiger partial charge in [-0.1, -0.05) is 42.1 Å². The van der Waals surface area contributed by atoms with Crippen molar-refractivity contribution < 1.29 is 14.4 Å². The van der Waals surface area contributed by atoms with Gasteiger partial charge in [0.15, 0.2) is 5.16 Å². The fourth-order valence-corrected chi connectivity index (χ4v) is 4.04. The van der Waals surface area contributed by atoms with Crippen LogP contribution in [-0.2, 0) is 10.5 Å². The Morgan fingerprint density at radius 1 is 0.853 bits per heavy atom. The van der Waals surface area contributed by atoms with Gasteiger partial charge in [-0.2, -0.15) is 0 Å². The van der Waals surface area contributed by atoms with Gasteiger partial charge >= 0.3 is 0 Å². The molecule has 9 heteroatoms. The number of nitrogens with zero attached hydrogens (tertiary/aromatic N) is 2. The lowest BCUT2D eigenvalue weighted by Gasteiger charge is -2.14. The Hall–Kier alpha value is -3.72. The van der Waals surface area contributed by atoms with Crippen molar-refractivity contribution in [2.75, 3.05) is 0 Å². The topological polar surface area (TPSA) is 113 Å². The highest BCUT2D eigenvalue weighted by molar-refractivity contribution is 7.98. The van der Waals surface area contributed by atoms with Crippen LogP contribution in [-0.4, -0.2) is 33.7 Å². The molecule has 3 rings (SSSR count). The standard InChI is InChI=1S/C25H27N5O3S/c1-16-13-17(2)28-25(27-16)34-15-19-9-11-21(12-10-19)24(33)30-29-22(31)14-18(3)26-23(32)20-7-5-4-6-8-20/h4-13,18H,14-15H2,1-3H3,(H,26,32)(H,29,31)(H,30,33). The van der Waals surface area contributed by atoms with Crippen molar-refractivity contribution in [2.24, 2.45) is 0 Å².